The van der Waals surface area contributed by atoms with Gasteiger partial charge in [-0.3, -0.25) is 9.10 Å². The van der Waals surface area contributed by atoms with E-state index in [0.29, 0.717) is 28.7 Å². The molecule has 9 heteroatoms. The van der Waals surface area contributed by atoms with Crippen molar-refractivity contribution < 1.29 is 27.4 Å². The zero-order chi connectivity index (χ0) is 26.4. The van der Waals surface area contributed by atoms with Gasteiger partial charge >= 0.3 is 0 Å². The molecule has 0 spiro atoms. The number of hydrogen-bond donors (Lipinski definition) is 1. The van der Waals surface area contributed by atoms with Crippen LogP contribution in [0.2, 0.25) is 0 Å². The monoisotopic (exact) mass is 530 g/mol. The largest absolute Gasteiger partial charge is 0.486 e. The number of rotatable bonds is 9. The SMILES string of the molecule is O=C(CN(c1ccc(Oc2ccccc2)cc1)S(=O)(=O)c1ccccc1)NC[C@H]1COc2ccccc2O1. The van der Waals surface area contributed by atoms with Gasteiger partial charge in [0, 0.05) is 0 Å². The minimum atomic E-state index is -4.03. The number of para-hydroxylation sites is 3. The van der Waals surface area contributed by atoms with Crippen molar-refractivity contribution in [2.45, 2.75) is 11.0 Å². The number of fused-ring (bicyclic) bond motifs is 1. The summed E-state index contributed by atoms with van der Waals surface area (Å²) in [5, 5.41) is 2.78. The fourth-order valence-corrected chi connectivity index (χ4v) is 5.36. The van der Waals surface area contributed by atoms with Crippen molar-refractivity contribution in [3.8, 4) is 23.0 Å². The first-order chi connectivity index (χ1) is 18.5. The van der Waals surface area contributed by atoms with Gasteiger partial charge < -0.3 is 19.5 Å². The minimum absolute atomic E-state index is 0.0815. The first kappa shape index (κ1) is 25.2. The normalized spacial score (nSPS) is 14.4. The third-order valence-electron chi connectivity index (χ3n) is 5.82. The van der Waals surface area contributed by atoms with Crippen LogP contribution in [0.3, 0.4) is 0 Å². The Balaban J connectivity index is 1.31. The molecule has 5 rings (SSSR count). The molecule has 1 aliphatic rings. The molecule has 4 aromatic carbocycles. The molecule has 1 heterocycles. The number of hydrogen-bond acceptors (Lipinski definition) is 6. The van der Waals surface area contributed by atoms with E-state index in [2.05, 4.69) is 5.32 Å². The highest BCUT2D eigenvalue weighted by Gasteiger charge is 2.28. The molecule has 38 heavy (non-hydrogen) atoms. The Bertz CT molecular complexity index is 1480. The van der Waals surface area contributed by atoms with Gasteiger partial charge in [-0.15, -0.1) is 0 Å². The van der Waals surface area contributed by atoms with Crippen molar-refractivity contribution in [3.05, 3.63) is 109 Å². The highest BCUT2D eigenvalue weighted by atomic mass is 32.2. The zero-order valence-corrected chi connectivity index (χ0v) is 21.2. The summed E-state index contributed by atoms with van der Waals surface area (Å²) in [5.41, 5.74) is 0.329. The third kappa shape index (κ3) is 5.90. The zero-order valence-electron chi connectivity index (χ0n) is 20.4. The molecular weight excluding hydrogens is 504 g/mol. The van der Waals surface area contributed by atoms with E-state index >= 15 is 0 Å². The van der Waals surface area contributed by atoms with E-state index in [4.69, 9.17) is 14.2 Å². The average molecular weight is 531 g/mol. The van der Waals surface area contributed by atoms with Crippen LogP contribution in [-0.2, 0) is 14.8 Å². The quantitative estimate of drug-likeness (QED) is 0.339. The Hall–Kier alpha value is -4.50. The minimum Gasteiger partial charge on any atom is -0.486 e. The van der Waals surface area contributed by atoms with Gasteiger partial charge in [0.1, 0.15) is 30.8 Å². The van der Waals surface area contributed by atoms with Crippen molar-refractivity contribution in [1.29, 1.82) is 0 Å². The summed E-state index contributed by atoms with van der Waals surface area (Å²) in [6, 6.07) is 31.1. The van der Waals surface area contributed by atoms with Gasteiger partial charge in [0.15, 0.2) is 11.5 Å². The molecule has 0 aliphatic carbocycles. The Kier molecular flexibility index (Phi) is 7.46. The molecule has 1 atom stereocenters. The van der Waals surface area contributed by atoms with Crippen molar-refractivity contribution in [2.24, 2.45) is 0 Å². The maximum absolute atomic E-state index is 13.6. The van der Waals surface area contributed by atoms with Gasteiger partial charge in [0.25, 0.3) is 10.0 Å². The standard InChI is InChI=1S/C29H26N2O6S/c32-29(30-19-25-21-35-27-13-7-8-14-28(27)37-25)20-31(38(33,34)26-11-5-2-6-12-26)22-15-17-24(18-16-22)36-23-9-3-1-4-10-23/h1-18,25H,19-21H2,(H,30,32)/t25-/m0/s1. The fourth-order valence-electron chi connectivity index (χ4n) is 3.92. The van der Waals surface area contributed by atoms with Crippen LogP contribution in [0.5, 0.6) is 23.0 Å². The summed E-state index contributed by atoms with van der Waals surface area (Å²) in [7, 11) is -4.03. The van der Waals surface area contributed by atoms with Gasteiger partial charge in [0.05, 0.1) is 17.1 Å². The van der Waals surface area contributed by atoms with Crippen LogP contribution in [0, 0.1) is 0 Å². The van der Waals surface area contributed by atoms with E-state index in [-0.39, 0.29) is 18.0 Å². The molecule has 0 bridgehead atoms. The molecule has 0 aromatic heterocycles. The van der Waals surface area contributed by atoms with Gasteiger partial charge in [0.2, 0.25) is 5.91 Å². The smallest absolute Gasteiger partial charge is 0.264 e. The summed E-state index contributed by atoms with van der Waals surface area (Å²) < 4.78 is 45.6. The topological polar surface area (TPSA) is 94.2 Å². The molecular formula is C29H26N2O6S. The number of sulfonamides is 1. The van der Waals surface area contributed by atoms with E-state index in [1.807, 2.05) is 48.5 Å². The number of carbonyl (C=O) groups excluding carboxylic acids is 1. The molecule has 8 nitrogen and oxygen atoms in total. The average Bonchev–Trinajstić information content (AvgIpc) is 2.96. The number of nitrogens with one attached hydrogen (secondary N) is 1. The summed E-state index contributed by atoms with van der Waals surface area (Å²) in [4.78, 5) is 13.0. The number of anilines is 1. The van der Waals surface area contributed by atoms with Crippen LogP contribution in [0.1, 0.15) is 0 Å². The second kappa shape index (κ2) is 11.3. The molecule has 0 fully saturated rings. The van der Waals surface area contributed by atoms with Crippen LogP contribution < -0.4 is 23.8 Å². The first-order valence-corrected chi connectivity index (χ1v) is 13.5. The number of ether oxygens (including phenoxy) is 3. The lowest BCUT2D eigenvalue weighted by Gasteiger charge is -2.27. The Morgan fingerprint density at radius 1 is 0.816 bits per heavy atom. The lowest BCUT2D eigenvalue weighted by molar-refractivity contribution is -0.120. The highest BCUT2D eigenvalue weighted by Crippen LogP contribution is 2.31. The van der Waals surface area contributed by atoms with Crippen molar-refractivity contribution >= 4 is 21.6 Å². The molecule has 1 aliphatic heterocycles. The van der Waals surface area contributed by atoms with Gasteiger partial charge in [-0.2, -0.15) is 0 Å². The predicted molar refractivity (Wildman–Crippen MR) is 143 cm³/mol. The van der Waals surface area contributed by atoms with E-state index < -0.39 is 28.6 Å². The fraction of sp³-hybridized carbons (Fsp3) is 0.138. The second-order valence-electron chi connectivity index (χ2n) is 8.54. The first-order valence-electron chi connectivity index (χ1n) is 12.0. The lowest BCUT2D eigenvalue weighted by Crippen LogP contribution is -2.45. The summed E-state index contributed by atoms with van der Waals surface area (Å²) in [5.74, 6) is 1.97. The third-order valence-corrected chi connectivity index (χ3v) is 7.60. The molecule has 0 unspecified atom stereocenters. The van der Waals surface area contributed by atoms with Crippen molar-refractivity contribution in [2.75, 3.05) is 24.0 Å². The van der Waals surface area contributed by atoms with E-state index in [1.54, 1.807) is 48.5 Å². The predicted octanol–water partition coefficient (Wildman–Crippen LogP) is 4.63. The lowest BCUT2D eigenvalue weighted by atomic mass is 10.2. The molecule has 0 saturated carbocycles. The number of amides is 1. The molecule has 1 N–H and O–H groups in total. The molecule has 4 aromatic rings. The number of nitrogens with zero attached hydrogens (tertiary/aromatic N) is 1. The summed E-state index contributed by atoms with van der Waals surface area (Å²) in [6.45, 7) is 0.0166. The van der Waals surface area contributed by atoms with Crippen molar-refractivity contribution in [1.82, 2.24) is 5.32 Å². The molecule has 1 amide bonds. The Morgan fingerprint density at radius 2 is 1.42 bits per heavy atom. The Labute approximate surface area is 221 Å². The van der Waals surface area contributed by atoms with E-state index in [9.17, 15) is 13.2 Å². The van der Waals surface area contributed by atoms with Crippen LogP contribution in [0.15, 0.2) is 114 Å². The molecule has 0 radical (unpaired) electrons. The second-order valence-corrected chi connectivity index (χ2v) is 10.4. The number of benzene rings is 4. The van der Waals surface area contributed by atoms with E-state index in [0.717, 1.165) is 4.31 Å². The van der Waals surface area contributed by atoms with E-state index in [1.165, 1.54) is 12.1 Å². The maximum Gasteiger partial charge on any atom is 0.264 e. The van der Waals surface area contributed by atoms with Gasteiger partial charge in [-0.05, 0) is 60.7 Å². The van der Waals surface area contributed by atoms with Crippen LogP contribution >= 0.6 is 0 Å². The van der Waals surface area contributed by atoms with Crippen LogP contribution in [0.4, 0.5) is 5.69 Å². The highest BCUT2D eigenvalue weighted by molar-refractivity contribution is 7.92. The van der Waals surface area contributed by atoms with Crippen LogP contribution in [0.25, 0.3) is 0 Å². The Morgan fingerprint density at radius 3 is 2.13 bits per heavy atom. The van der Waals surface area contributed by atoms with Gasteiger partial charge in [-0.1, -0.05) is 48.5 Å². The number of carbonyl (C=O) groups is 1. The summed E-state index contributed by atoms with van der Waals surface area (Å²) >= 11 is 0. The van der Waals surface area contributed by atoms with Gasteiger partial charge in [-0.25, -0.2) is 8.42 Å². The summed E-state index contributed by atoms with van der Waals surface area (Å²) in [6.07, 6.45) is -0.401. The van der Waals surface area contributed by atoms with Crippen LogP contribution in [-0.4, -0.2) is 40.1 Å². The van der Waals surface area contributed by atoms with Crippen molar-refractivity contribution in [3.63, 3.8) is 0 Å². The maximum atomic E-state index is 13.6. The molecule has 194 valence electrons. The molecule has 0 saturated heterocycles.